The third-order valence-corrected chi connectivity index (χ3v) is 9.13. The van der Waals surface area contributed by atoms with Gasteiger partial charge in [0.25, 0.3) is 5.91 Å². The molecule has 0 aromatic heterocycles. The van der Waals surface area contributed by atoms with E-state index in [4.69, 9.17) is 23.2 Å². The van der Waals surface area contributed by atoms with Gasteiger partial charge >= 0.3 is 0 Å². The molecule has 174 valence electrons. The average molecular weight is 560 g/mol. The van der Waals surface area contributed by atoms with Crippen LogP contribution in [-0.4, -0.2) is 29.3 Å². The van der Waals surface area contributed by atoms with Gasteiger partial charge < -0.3 is 0 Å². The lowest BCUT2D eigenvalue weighted by Gasteiger charge is -2.37. The molecule has 2 saturated carbocycles. The molecule has 2 bridgehead atoms. The van der Waals surface area contributed by atoms with Gasteiger partial charge in [-0.3, -0.25) is 24.2 Å². The van der Waals surface area contributed by atoms with E-state index in [0.717, 1.165) is 16.5 Å². The Kier molecular flexibility index (Phi) is 5.21. The highest BCUT2D eigenvalue weighted by Crippen LogP contribution is 2.65. The summed E-state index contributed by atoms with van der Waals surface area (Å²) in [7, 11) is 0. The molecule has 4 aliphatic carbocycles. The van der Waals surface area contributed by atoms with Gasteiger partial charge in [0.05, 0.1) is 21.9 Å². The van der Waals surface area contributed by atoms with Crippen LogP contribution in [0.3, 0.4) is 0 Å². The summed E-state index contributed by atoms with van der Waals surface area (Å²) < 4.78 is 0.872. The Hall–Kier alpha value is -2.15. The summed E-state index contributed by atoms with van der Waals surface area (Å²) in [6.45, 7) is 1.75. The molecule has 0 radical (unpaired) electrons. The van der Waals surface area contributed by atoms with Crippen LogP contribution in [0, 0.1) is 42.4 Å². The zero-order valence-corrected chi connectivity index (χ0v) is 21.3. The number of likely N-dealkylation sites (tertiary alicyclic amines) is 1. The lowest BCUT2D eigenvalue weighted by molar-refractivity contribution is -0.140. The first kappa shape index (κ1) is 22.3. The van der Waals surface area contributed by atoms with Crippen LogP contribution in [0.2, 0.25) is 10.0 Å². The fraction of sp³-hybridized carbons (Fsp3) is 0.346. The summed E-state index contributed by atoms with van der Waals surface area (Å²) in [5.41, 5.74) is 1.79. The molecule has 3 amide bonds. The number of imide groups is 1. The van der Waals surface area contributed by atoms with E-state index in [-0.39, 0.29) is 53.1 Å². The number of nitrogens with zero attached hydrogens (tertiary/aromatic N) is 2. The van der Waals surface area contributed by atoms with Crippen molar-refractivity contribution in [2.45, 2.75) is 13.3 Å². The SMILES string of the molecule is Cc1cc(Br)ccc1N(CN1C(=O)[C@@H]2[C@@H]3C=C[C@H]([C@H]4C[C@H]34)[C@@H]2C1=O)C(=O)c1ccc(Cl)c(Cl)c1. The fourth-order valence-corrected chi connectivity index (χ4v) is 7.03. The van der Waals surface area contributed by atoms with Crippen molar-refractivity contribution in [3.8, 4) is 0 Å². The summed E-state index contributed by atoms with van der Waals surface area (Å²) in [5.74, 6) is 0.0148. The van der Waals surface area contributed by atoms with Gasteiger partial charge in [-0.2, -0.15) is 0 Å². The third kappa shape index (κ3) is 3.29. The van der Waals surface area contributed by atoms with Crippen molar-refractivity contribution >= 4 is 62.5 Å². The van der Waals surface area contributed by atoms with Crippen LogP contribution in [0.4, 0.5) is 5.69 Å². The highest BCUT2D eigenvalue weighted by Gasteiger charge is 2.67. The number of aryl methyl sites for hydroxylation is 1. The monoisotopic (exact) mass is 558 g/mol. The van der Waals surface area contributed by atoms with Crippen molar-refractivity contribution in [2.24, 2.45) is 35.5 Å². The predicted octanol–water partition coefficient (Wildman–Crippen LogP) is 5.72. The lowest BCUT2D eigenvalue weighted by atomic mass is 9.63. The van der Waals surface area contributed by atoms with Crippen molar-refractivity contribution in [1.29, 1.82) is 0 Å². The number of hydrogen-bond donors (Lipinski definition) is 0. The number of amides is 3. The van der Waals surface area contributed by atoms with Crippen LogP contribution in [-0.2, 0) is 9.59 Å². The maximum Gasteiger partial charge on any atom is 0.259 e. The smallest absolute Gasteiger partial charge is 0.259 e. The average Bonchev–Trinajstić information content (AvgIpc) is 3.59. The summed E-state index contributed by atoms with van der Waals surface area (Å²) in [6.07, 6.45) is 5.40. The van der Waals surface area contributed by atoms with Gasteiger partial charge in [0, 0.05) is 15.7 Å². The molecule has 0 N–H and O–H groups in total. The minimum absolute atomic E-state index is 0.134. The zero-order valence-electron chi connectivity index (χ0n) is 18.3. The minimum Gasteiger partial charge on any atom is -0.289 e. The summed E-state index contributed by atoms with van der Waals surface area (Å²) in [6, 6.07) is 10.2. The second-order valence-electron chi connectivity index (χ2n) is 9.69. The largest absolute Gasteiger partial charge is 0.289 e. The number of allylic oxidation sites excluding steroid dienone is 2. The molecule has 3 fully saturated rings. The molecule has 6 atom stereocenters. The van der Waals surface area contributed by atoms with E-state index in [0.29, 0.717) is 28.1 Å². The van der Waals surface area contributed by atoms with E-state index >= 15 is 0 Å². The van der Waals surface area contributed by atoms with Crippen LogP contribution < -0.4 is 4.90 Å². The van der Waals surface area contributed by atoms with Gasteiger partial charge in [-0.25, -0.2) is 0 Å². The van der Waals surface area contributed by atoms with Gasteiger partial charge in [-0.05, 0) is 79.0 Å². The maximum atomic E-state index is 13.7. The number of halogens is 3. The normalized spacial score (nSPS) is 30.4. The summed E-state index contributed by atoms with van der Waals surface area (Å²) in [5, 5.41) is 0.612. The number of anilines is 1. The van der Waals surface area contributed by atoms with Gasteiger partial charge in [-0.15, -0.1) is 0 Å². The van der Waals surface area contributed by atoms with Crippen LogP contribution in [0.5, 0.6) is 0 Å². The molecule has 34 heavy (non-hydrogen) atoms. The van der Waals surface area contributed by atoms with E-state index < -0.39 is 0 Å². The first-order chi connectivity index (χ1) is 16.3. The van der Waals surface area contributed by atoms with Crippen LogP contribution in [0.15, 0.2) is 53.0 Å². The Balaban J connectivity index is 1.37. The molecule has 7 rings (SSSR count). The Morgan fingerprint density at radius 2 is 1.65 bits per heavy atom. The van der Waals surface area contributed by atoms with Gasteiger partial charge in [0.1, 0.15) is 6.67 Å². The second-order valence-corrected chi connectivity index (χ2v) is 11.4. The molecule has 1 saturated heterocycles. The highest BCUT2D eigenvalue weighted by atomic mass is 79.9. The molecule has 2 aromatic carbocycles. The topological polar surface area (TPSA) is 57.7 Å². The first-order valence-electron chi connectivity index (χ1n) is 11.3. The van der Waals surface area contributed by atoms with E-state index in [1.165, 1.54) is 15.9 Å². The number of benzene rings is 2. The maximum absolute atomic E-state index is 13.7. The molecular weight excluding hydrogens is 539 g/mol. The molecule has 1 heterocycles. The molecule has 5 aliphatic rings. The Morgan fingerprint density at radius 1 is 1.00 bits per heavy atom. The molecule has 1 aliphatic heterocycles. The molecule has 0 unspecified atom stereocenters. The summed E-state index contributed by atoms with van der Waals surface area (Å²) in [4.78, 5) is 43.6. The fourth-order valence-electron chi connectivity index (χ4n) is 6.26. The Bertz CT molecular complexity index is 1260. The lowest BCUT2D eigenvalue weighted by Crippen LogP contribution is -2.45. The van der Waals surface area contributed by atoms with Crippen LogP contribution >= 0.6 is 39.1 Å². The standard InChI is InChI=1S/C26H21BrCl2N2O3/c1-12-8-14(27)3-7-21(12)30(24(32)13-2-6-19(28)20(29)9-13)11-31-25(33)22-15-4-5-16(18-10-17(15)18)23(22)26(31)34/h2-9,15-18,22-23H,10-11H2,1H3/t15-,16-,17-,18-,22-,23+/m1/s1. The molecule has 5 nitrogen and oxygen atoms in total. The van der Waals surface area contributed by atoms with Crippen molar-refractivity contribution in [1.82, 2.24) is 4.90 Å². The van der Waals surface area contributed by atoms with Crippen LogP contribution in [0.1, 0.15) is 22.3 Å². The van der Waals surface area contributed by atoms with Gasteiger partial charge in [0.2, 0.25) is 11.8 Å². The zero-order chi connectivity index (χ0) is 23.9. The van der Waals surface area contributed by atoms with Crippen molar-refractivity contribution < 1.29 is 14.4 Å². The van der Waals surface area contributed by atoms with Crippen molar-refractivity contribution in [3.05, 3.63) is 74.2 Å². The quantitative estimate of drug-likeness (QED) is 0.355. The Morgan fingerprint density at radius 3 is 2.24 bits per heavy atom. The molecular formula is C26H21BrCl2N2O3. The van der Waals surface area contributed by atoms with Crippen LogP contribution in [0.25, 0.3) is 0 Å². The summed E-state index contributed by atoms with van der Waals surface area (Å²) >= 11 is 15.7. The van der Waals surface area contributed by atoms with E-state index in [2.05, 4.69) is 28.1 Å². The highest BCUT2D eigenvalue weighted by molar-refractivity contribution is 9.10. The van der Waals surface area contributed by atoms with E-state index in [1.54, 1.807) is 12.1 Å². The Labute approximate surface area is 215 Å². The number of carbonyl (C=O) groups is 3. The molecule has 0 spiro atoms. The second kappa shape index (κ2) is 7.94. The number of rotatable bonds is 4. The molecule has 8 heteroatoms. The van der Waals surface area contributed by atoms with Crippen molar-refractivity contribution in [3.63, 3.8) is 0 Å². The number of carbonyl (C=O) groups excluding carboxylic acids is 3. The predicted molar refractivity (Wildman–Crippen MR) is 134 cm³/mol. The first-order valence-corrected chi connectivity index (χ1v) is 12.9. The minimum atomic E-state index is -0.358. The van der Waals surface area contributed by atoms with Gasteiger partial charge in [-0.1, -0.05) is 51.3 Å². The van der Waals surface area contributed by atoms with Gasteiger partial charge in [0.15, 0.2) is 0 Å². The third-order valence-electron chi connectivity index (χ3n) is 7.90. The van der Waals surface area contributed by atoms with E-state index in [9.17, 15) is 14.4 Å². The molecule has 2 aromatic rings. The number of hydrogen-bond acceptors (Lipinski definition) is 3. The van der Waals surface area contributed by atoms with Crippen molar-refractivity contribution in [2.75, 3.05) is 11.6 Å². The van der Waals surface area contributed by atoms with E-state index in [1.807, 2.05) is 25.1 Å².